The van der Waals surface area contributed by atoms with Crippen molar-refractivity contribution in [2.24, 2.45) is 0 Å². The minimum Gasteiger partial charge on any atom is -0.456 e. The molecule has 0 bridgehead atoms. The summed E-state index contributed by atoms with van der Waals surface area (Å²) < 4.78 is 26.7. The van der Waals surface area contributed by atoms with Crippen LogP contribution in [-0.4, -0.2) is 18.3 Å². The molecule has 23 aromatic carbocycles. The van der Waals surface area contributed by atoms with Gasteiger partial charge in [-0.3, -0.25) is 0 Å². The van der Waals surface area contributed by atoms with Gasteiger partial charge in [-0.1, -0.05) is 376 Å². The quantitative estimate of drug-likeness (QED) is 0.134. The van der Waals surface area contributed by atoms with Gasteiger partial charge in [-0.25, -0.2) is 0 Å². The Morgan fingerprint density at radius 2 is 0.374 bits per heavy atom. The van der Waals surface area contributed by atoms with Gasteiger partial charge in [0.15, 0.2) is 0 Å². The smallest absolute Gasteiger partial charge is 0.137 e. The molecule has 5 nitrogen and oxygen atoms in total. The van der Waals surface area contributed by atoms with Crippen molar-refractivity contribution in [1.82, 2.24) is 18.3 Å². The van der Waals surface area contributed by atoms with Crippen LogP contribution in [0, 0.1) is 0 Å². The summed E-state index contributed by atoms with van der Waals surface area (Å²) in [6, 6.07) is 189. The largest absolute Gasteiger partial charge is 0.456 e. The van der Waals surface area contributed by atoms with Gasteiger partial charge >= 0.3 is 0 Å². The molecule has 0 N–H and O–H groups in total. The fourth-order valence-corrected chi connectivity index (χ4v) is 27.8. The second kappa shape index (κ2) is 35.5. The zero-order valence-corrected chi connectivity index (χ0v) is 82.7. The number of aromatic nitrogens is 4. The fraction of sp³-hybridized carbons (Fsp3) is 0. The van der Waals surface area contributed by atoms with Crippen LogP contribution in [0.1, 0.15) is 0 Å². The Balaban J connectivity index is 0.0000000940. The summed E-state index contributed by atoms with van der Waals surface area (Å²) in [4.78, 5) is 0. The van der Waals surface area contributed by atoms with Gasteiger partial charge in [0.1, 0.15) is 11.2 Å². The van der Waals surface area contributed by atoms with Gasteiger partial charge in [-0.05, 0) is 212 Å². The van der Waals surface area contributed by atoms with Gasteiger partial charge in [-0.15, -0.1) is 45.3 Å². The van der Waals surface area contributed by atoms with E-state index in [1.54, 1.807) is 0 Å². The number of hydrogen-bond acceptors (Lipinski definition) is 5. The number of fused-ring (bicyclic) bond motifs is 27. The standard InChI is InChI=1S/C42H25NOS.2C36H23NS.C24H15NS/c1-4-17-35-30(12-1)34-25-27(22-23-36(34)43(35)37-18-9-20-39-41(37)33-14-2-5-19-38(33)44-39)26-10-7-11-28(24-26)29-15-8-16-32-31-13-3-6-21-40(31)45-42(29)32;1-3-10-24(11-4-1)26-18-20-32-30(22-26)31-23-27(25-12-5-2-6-13-25)19-21-33(31)37(32)34-16-9-15-29-28-14-7-8-17-35(28)38-36(29)34;1-2-10-24(11-3-1)25-12-8-13-26(22-25)27-20-21-33-31(23-27)28-14-4-6-17-32(28)37(33)34-18-9-16-30-29-15-5-7-19-35(29)38-36(30)34;1-4-12-20-16(8-1)17-9-2-5-13-21(17)25(20)22-14-7-11-19-18-10-3-6-15-23(18)26-24(19)22/h1-25H;2*1-23H;1-15H. The Morgan fingerprint density at radius 1 is 0.136 bits per heavy atom. The van der Waals surface area contributed by atoms with E-state index in [9.17, 15) is 0 Å². The molecule has 0 saturated heterocycles. The Labute approximate surface area is 861 Å². The van der Waals surface area contributed by atoms with Gasteiger partial charge in [0.2, 0.25) is 0 Å². The first-order valence-electron chi connectivity index (χ1n) is 50.0. The van der Waals surface area contributed by atoms with Gasteiger partial charge in [-0.2, -0.15) is 0 Å². The minimum atomic E-state index is 0.904. The summed E-state index contributed by atoms with van der Waals surface area (Å²) in [6.07, 6.45) is 0. The van der Waals surface area contributed by atoms with Crippen molar-refractivity contribution < 1.29 is 4.42 Å². The number of rotatable bonds is 10. The first kappa shape index (κ1) is 85.7. The lowest BCUT2D eigenvalue weighted by molar-refractivity contribution is 0.669. The molecule has 0 unspecified atom stereocenters. The molecule has 9 heterocycles. The first-order valence-corrected chi connectivity index (χ1v) is 53.2. The van der Waals surface area contributed by atoms with Crippen LogP contribution in [-0.2, 0) is 0 Å². The average Bonchev–Trinajstić information content (AvgIpc) is 1.57. The highest BCUT2D eigenvalue weighted by Crippen LogP contribution is 2.50. The second-order valence-electron chi connectivity index (χ2n) is 37.9. The zero-order chi connectivity index (χ0) is 96.7. The van der Waals surface area contributed by atoms with Crippen molar-refractivity contribution in [3.05, 3.63) is 522 Å². The van der Waals surface area contributed by atoms with E-state index in [1.807, 2.05) is 57.5 Å². The third kappa shape index (κ3) is 14.4. The molecule has 0 aliphatic carbocycles. The third-order valence-electron chi connectivity index (χ3n) is 29.6. The van der Waals surface area contributed by atoms with E-state index in [0.717, 1.165) is 27.6 Å². The number of furan rings is 1. The van der Waals surface area contributed by atoms with E-state index >= 15 is 0 Å². The Hall–Kier alpha value is -18.1. The molecule has 0 amide bonds. The third-order valence-corrected chi connectivity index (χ3v) is 34.5. The summed E-state index contributed by atoms with van der Waals surface area (Å²) in [6.45, 7) is 0. The van der Waals surface area contributed by atoms with Gasteiger partial charge in [0.25, 0.3) is 0 Å². The molecular weight excluding hydrogens is 1860 g/mol. The molecule has 0 aliphatic heterocycles. The molecule has 9 aromatic heterocycles. The topological polar surface area (TPSA) is 32.9 Å². The molecular formula is C138H86N4OS4. The Kier molecular flexibility index (Phi) is 20.7. The predicted octanol–water partition coefficient (Wildman–Crippen LogP) is 40.5. The van der Waals surface area contributed by atoms with Crippen molar-refractivity contribution in [2.75, 3.05) is 0 Å². The molecule has 0 spiro atoms. The number of nitrogens with zero attached hydrogens (tertiary/aromatic N) is 4. The normalized spacial score (nSPS) is 11.8. The minimum absolute atomic E-state index is 0.904. The molecule has 9 heteroatoms. The Bertz CT molecular complexity index is 10700. The molecule has 0 aliphatic rings. The molecule has 0 fully saturated rings. The van der Waals surface area contributed by atoms with E-state index in [2.05, 4.69) is 528 Å². The Morgan fingerprint density at radius 3 is 0.776 bits per heavy atom. The van der Waals surface area contributed by atoms with Gasteiger partial charge in [0.05, 0.1) is 86.4 Å². The second-order valence-corrected chi connectivity index (χ2v) is 42.1. The maximum Gasteiger partial charge on any atom is 0.137 e. The molecule has 688 valence electrons. The molecule has 0 radical (unpaired) electrons. The van der Waals surface area contributed by atoms with Crippen LogP contribution in [0.2, 0.25) is 0 Å². The lowest BCUT2D eigenvalue weighted by Gasteiger charge is -2.10. The van der Waals surface area contributed by atoms with Crippen LogP contribution in [0.5, 0.6) is 0 Å². The molecule has 32 aromatic rings. The summed E-state index contributed by atoms with van der Waals surface area (Å²) in [5.41, 5.74) is 31.4. The van der Waals surface area contributed by atoms with Crippen LogP contribution >= 0.6 is 45.3 Å². The van der Waals surface area contributed by atoms with Crippen LogP contribution in [0.3, 0.4) is 0 Å². The summed E-state index contributed by atoms with van der Waals surface area (Å²) >= 11 is 7.53. The van der Waals surface area contributed by atoms with Gasteiger partial charge in [0, 0.05) is 115 Å². The SMILES string of the molecule is c1cc(-c2ccc3c(c2)c2ccccc2n3-c2cccc3oc4ccccc4c23)cc(-c2cccc3c2sc2ccccc23)c1.c1ccc(-c2ccc3c(c2)c2cc(-c4ccccc4)ccc2n3-c2cccc3c2sc2ccccc23)cc1.c1ccc(-c2cccc(-c3ccc4c(c3)c3ccccc3n4-c3cccc4c3sc3ccccc34)c2)cc1.c1ccc2c(c1)sc1c(-n3c4ccccc4c4ccccc43)cccc12. The van der Waals surface area contributed by atoms with Crippen LogP contribution in [0.4, 0.5) is 0 Å². The van der Waals surface area contributed by atoms with Crippen molar-refractivity contribution in [2.45, 2.75) is 0 Å². The number of hydrogen-bond donors (Lipinski definition) is 0. The van der Waals surface area contributed by atoms with E-state index in [0.29, 0.717) is 0 Å². The molecule has 32 rings (SSSR count). The predicted molar refractivity (Wildman–Crippen MR) is 635 cm³/mol. The van der Waals surface area contributed by atoms with E-state index in [4.69, 9.17) is 4.42 Å². The fourth-order valence-electron chi connectivity index (χ4n) is 22.9. The van der Waals surface area contributed by atoms with Gasteiger partial charge < -0.3 is 22.7 Å². The molecule has 0 atom stereocenters. The summed E-state index contributed by atoms with van der Waals surface area (Å²) in [5, 5.41) is 23.1. The maximum absolute atomic E-state index is 6.27. The molecule has 147 heavy (non-hydrogen) atoms. The highest BCUT2D eigenvalue weighted by Gasteiger charge is 2.25. The number of benzene rings is 23. The van der Waals surface area contributed by atoms with Crippen molar-refractivity contribution in [3.8, 4) is 89.5 Å². The van der Waals surface area contributed by atoms with Crippen LogP contribution < -0.4 is 0 Å². The lowest BCUT2D eigenvalue weighted by atomic mass is 9.97. The monoisotopic (exact) mass is 1940 g/mol. The summed E-state index contributed by atoms with van der Waals surface area (Å²) in [5.74, 6) is 0. The number of thiophene rings is 4. The highest BCUT2D eigenvalue weighted by atomic mass is 32.1. The van der Waals surface area contributed by atoms with Crippen LogP contribution in [0.15, 0.2) is 526 Å². The summed E-state index contributed by atoms with van der Waals surface area (Å²) in [7, 11) is 0. The average molecular weight is 1940 g/mol. The maximum atomic E-state index is 6.27. The van der Waals surface area contributed by atoms with E-state index < -0.39 is 0 Å². The molecule has 0 saturated carbocycles. The van der Waals surface area contributed by atoms with Crippen LogP contribution in [0.25, 0.3) is 279 Å². The lowest BCUT2D eigenvalue weighted by Crippen LogP contribution is -1.94. The zero-order valence-electron chi connectivity index (χ0n) is 79.5. The number of para-hydroxylation sites is 5. The van der Waals surface area contributed by atoms with E-state index in [1.165, 1.54) is 252 Å². The van der Waals surface area contributed by atoms with E-state index in [-0.39, 0.29) is 0 Å². The van der Waals surface area contributed by atoms with Crippen molar-refractivity contribution in [3.63, 3.8) is 0 Å². The van der Waals surface area contributed by atoms with Crippen molar-refractivity contribution >= 4 is 235 Å². The van der Waals surface area contributed by atoms with Crippen molar-refractivity contribution in [1.29, 1.82) is 0 Å². The first-order chi connectivity index (χ1) is 72.9. The highest BCUT2D eigenvalue weighted by molar-refractivity contribution is 7.27.